The summed E-state index contributed by atoms with van der Waals surface area (Å²) in [5.74, 6) is 0. The first kappa shape index (κ1) is 5.98. The first-order valence-electron chi connectivity index (χ1n) is 3.23. The second-order valence-corrected chi connectivity index (χ2v) is 2.70. The van der Waals surface area contributed by atoms with Crippen molar-refractivity contribution in [3.63, 3.8) is 0 Å². The summed E-state index contributed by atoms with van der Waals surface area (Å²) in [6, 6.07) is 0.262. The molecule has 1 atom stereocenters. The predicted molar refractivity (Wildman–Crippen MR) is 42.1 cm³/mol. The molecule has 3 heteroatoms. The smallest absolute Gasteiger partial charge is 0.196 e. The number of hydrogen-bond donors (Lipinski definition) is 1. The summed E-state index contributed by atoms with van der Waals surface area (Å²) in [5, 5.41) is 3.49. The summed E-state index contributed by atoms with van der Waals surface area (Å²) < 4.78 is 0. The second-order valence-electron chi connectivity index (χ2n) is 2.35. The van der Waals surface area contributed by atoms with E-state index >= 15 is 0 Å². The number of hydrogen-bond acceptors (Lipinski definition) is 2. The Morgan fingerprint density at radius 1 is 1.70 bits per heavy atom. The van der Waals surface area contributed by atoms with Crippen LogP contribution in [-0.2, 0) is 0 Å². The van der Waals surface area contributed by atoms with Gasteiger partial charge in [-0.05, 0) is 24.1 Å². The van der Waals surface area contributed by atoms with Gasteiger partial charge in [-0.25, -0.2) is 4.99 Å². The van der Waals surface area contributed by atoms with Crippen LogP contribution in [0.1, 0.15) is 6.42 Å². The highest BCUT2D eigenvalue weighted by Gasteiger charge is 2.20. The standard InChI is InChI=1S/C7H7ClN2/c8-7-9-5-3-1-2-4-6(5)10-7/h1-3,6H,4H2,(H,9,10). The molecule has 1 aliphatic carbocycles. The Morgan fingerprint density at radius 3 is 3.40 bits per heavy atom. The van der Waals surface area contributed by atoms with Crippen LogP contribution < -0.4 is 5.32 Å². The summed E-state index contributed by atoms with van der Waals surface area (Å²) in [6.07, 6.45) is 7.08. The molecule has 1 N–H and O–H groups in total. The van der Waals surface area contributed by atoms with Gasteiger partial charge < -0.3 is 5.32 Å². The predicted octanol–water partition coefficient (Wildman–Crippen LogP) is 1.40. The lowest BCUT2D eigenvalue weighted by molar-refractivity contribution is 0.784. The molecule has 0 radical (unpaired) electrons. The molecule has 0 aromatic carbocycles. The zero-order valence-corrected chi connectivity index (χ0v) is 6.10. The number of nitrogens with one attached hydrogen (secondary N) is 1. The van der Waals surface area contributed by atoms with E-state index in [2.05, 4.69) is 16.4 Å². The third-order valence-corrected chi connectivity index (χ3v) is 1.84. The molecule has 0 spiro atoms. The van der Waals surface area contributed by atoms with E-state index in [-0.39, 0.29) is 6.04 Å². The van der Waals surface area contributed by atoms with E-state index in [1.807, 2.05) is 12.2 Å². The fourth-order valence-corrected chi connectivity index (χ4v) is 1.38. The van der Waals surface area contributed by atoms with E-state index in [4.69, 9.17) is 11.6 Å². The number of amidine groups is 1. The van der Waals surface area contributed by atoms with E-state index in [1.165, 1.54) is 0 Å². The molecule has 0 saturated heterocycles. The van der Waals surface area contributed by atoms with Crippen molar-refractivity contribution in [1.82, 2.24) is 5.32 Å². The highest BCUT2D eigenvalue weighted by Crippen LogP contribution is 2.19. The topological polar surface area (TPSA) is 24.4 Å². The van der Waals surface area contributed by atoms with Crippen molar-refractivity contribution >= 4 is 16.9 Å². The molecule has 0 amide bonds. The highest BCUT2D eigenvalue weighted by atomic mass is 35.5. The molecule has 10 heavy (non-hydrogen) atoms. The first-order chi connectivity index (χ1) is 4.86. The van der Waals surface area contributed by atoms with Gasteiger partial charge in [0.2, 0.25) is 0 Å². The lowest BCUT2D eigenvalue weighted by Gasteiger charge is -2.08. The molecule has 52 valence electrons. The van der Waals surface area contributed by atoms with Gasteiger partial charge in [-0.1, -0.05) is 12.2 Å². The van der Waals surface area contributed by atoms with E-state index in [9.17, 15) is 0 Å². The zero-order chi connectivity index (χ0) is 6.97. The minimum absolute atomic E-state index is 0.262. The Labute approximate surface area is 64.3 Å². The fraction of sp³-hybridized carbons (Fsp3) is 0.286. The Morgan fingerprint density at radius 2 is 2.60 bits per heavy atom. The summed E-state index contributed by atoms with van der Waals surface area (Å²) in [7, 11) is 0. The molecule has 1 unspecified atom stereocenters. The maximum Gasteiger partial charge on any atom is 0.196 e. The number of fused-ring (bicyclic) bond motifs is 1. The Kier molecular flexibility index (Phi) is 1.27. The summed E-state index contributed by atoms with van der Waals surface area (Å²) in [5.41, 5.74) is 1.12. The highest BCUT2D eigenvalue weighted by molar-refractivity contribution is 6.65. The third kappa shape index (κ3) is 0.847. The van der Waals surface area contributed by atoms with Crippen LogP contribution >= 0.6 is 11.6 Å². The normalized spacial score (nSPS) is 28.7. The van der Waals surface area contributed by atoms with E-state index in [0.29, 0.717) is 5.29 Å². The summed E-state index contributed by atoms with van der Waals surface area (Å²) >= 11 is 5.66. The molecule has 0 aromatic heterocycles. The molecule has 1 heterocycles. The molecular formula is C7H7ClN2. The van der Waals surface area contributed by atoms with Crippen molar-refractivity contribution in [2.75, 3.05) is 0 Å². The average molecular weight is 155 g/mol. The van der Waals surface area contributed by atoms with Crippen LogP contribution in [0.2, 0.25) is 0 Å². The molecule has 0 bridgehead atoms. The minimum atomic E-state index is 0.262. The SMILES string of the molecule is ClC1=NC2CC=CC=C2N1. The van der Waals surface area contributed by atoms with E-state index < -0.39 is 0 Å². The monoisotopic (exact) mass is 154 g/mol. The van der Waals surface area contributed by atoms with Gasteiger partial charge in [-0.3, -0.25) is 0 Å². The molecule has 0 saturated carbocycles. The summed E-state index contributed by atoms with van der Waals surface area (Å²) in [4.78, 5) is 4.16. The van der Waals surface area contributed by atoms with Gasteiger partial charge in [0.15, 0.2) is 5.29 Å². The third-order valence-electron chi connectivity index (χ3n) is 1.65. The van der Waals surface area contributed by atoms with Crippen LogP contribution in [0.5, 0.6) is 0 Å². The van der Waals surface area contributed by atoms with Gasteiger partial charge >= 0.3 is 0 Å². The van der Waals surface area contributed by atoms with Gasteiger partial charge in [0.1, 0.15) is 0 Å². The molecule has 0 fully saturated rings. The largest absolute Gasteiger partial charge is 0.332 e. The Hall–Kier alpha value is -0.760. The molecular weight excluding hydrogens is 148 g/mol. The first-order valence-corrected chi connectivity index (χ1v) is 3.61. The molecule has 2 rings (SSSR count). The lowest BCUT2D eigenvalue weighted by atomic mass is 10.1. The van der Waals surface area contributed by atoms with Gasteiger partial charge in [-0.15, -0.1) is 0 Å². The molecule has 2 nitrogen and oxygen atoms in total. The number of rotatable bonds is 0. The maximum atomic E-state index is 5.66. The molecule has 1 aliphatic heterocycles. The Balaban J connectivity index is 2.28. The molecule has 0 aromatic rings. The van der Waals surface area contributed by atoms with Crippen LogP contribution in [0, 0.1) is 0 Å². The van der Waals surface area contributed by atoms with Gasteiger partial charge in [0.25, 0.3) is 0 Å². The van der Waals surface area contributed by atoms with Crippen molar-refractivity contribution in [1.29, 1.82) is 0 Å². The van der Waals surface area contributed by atoms with Crippen LogP contribution in [0.25, 0.3) is 0 Å². The number of nitrogens with zero attached hydrogens (tertiary/aromatic N) is 1. The van der Waals surface area contributed by atoms with Crippen molar-refractivity contribution in [3.8, 4) is 0 Å². The quantitative estimate of drug-likeness (QED) is 0.524. The average Bonchev–Trinajstić information content (AvgIpc) is 2.27. The zero-order valence-electron chi connectivity index (χ0n) is 5.34. The fourth-order valence-electron chi connectivity index (χ4n) is 1.15. The minimum Gasteiger partial charge on any atom is -0.332 e. The van der Waals surface area contributed by atoms with Crippen LogP contribution in [0.3, 0.4) is 0 Å². The molecule has 2 aliphatic rings. The van der Waals surface area contributed by atoms with Crippen molar-refractivity contribution in [2.24, 2.45) is 4.99 Å². The van der Waals surface area contributed by atoms with Crippen LogP contribution in [-0.4, -0.2) is 11.3 Å². The van der Waals surface area contributed by atoms with Crippen molar-refractivity contribution in [2.45, 2.75) is 12.5 Å². The van der Waals surface area contributed by atoms with Gasteiger partial charge in [0, 0.05) is 5.70 Å². The van der Waals surface area contributed by atoms with E-state index in [1.54, 1.807) is 0 Å². The number of aliphatic imine (C=N–C) groups is 1. The van der Waals surface area contributed by atoms with Crippen molar-refractivity contribution in [3.05, 3.63) is 23.9 Å². The number of allylic oxidation sites excluding steroid dienone is 2. The second kappa shape index (κ2) is 2.13. The van der Waals surface area contributed by atoms with E-state index in [0.717, 1.165) is 12.1 Å². The van der Waals surface area contributed by atoms with Gasteiger partial charge in [-0.2, -0.15) is 0 Å². The van der Waals surface area contributed by atoms with Gasteiger partial charge in [0.05, 0.1) is 6.04 Å². The van der Waals surface area contributed by atoms with Crippen LogP contribution in [0.4, 0.5) is 0 Å². The lowest BCUT2D eigenvalue weighted by Crippen LogP contribution is -2.16. The van der Waals surface area contributed by atoms with Crippen molar-refractivity contribution < 1.29 is 0 Å². The number of halogens is 1. The Bertz CT molecular complexity index is 240. The van der Waals surface area contributed by atoms with Crippen LogP contribution in [0.15, 0.2) is 28.9 Å². The summed E-state index contributed by atoms with van der Waals surface area (Å²) in [6.45, 7) is 0. The maximum absolute atomic E-state index is 5.66.